The molecule has 2 aromatic heterocycles. The van der Waals surface area contributed by atoms with E-state index < -0.39 is 0 Å². The van der Waals surface area contributed by atoms with Gasteiger partial charge in [0.2, 0.25) is 11.8 Å². The number of carbonyl (C=O) groups is 2. The van der Waals surface area contributed by atoms with Crippen molar-refractivity contribution >= 4 is 17.5 Å². The molecule has 0 aromatic carbocycles. The third kappa shape index (κ3) is 2.88. The van der Waals surface area contributed by atoms with Gasteiger partial charge in [0, 0.05) is 31.4 Å². The van der Waals surface area contributed by atoms with Gasteiger partial charge in [0.15, 0.2) is 0 Å². The molecule has 1 aliphatic carbocycles. The van der Waals surface area contributed by atoms with Crippen LogP contribution in [0.1, 0.15) is 37.8 Å². The maximum atomic E-state index is 12.4. The van der Waals surface area contributed by atoms with Crippen LogP contribution in [0.4, 0.5) is 0 Å². The molecule has 0 radical (unpaired) electrons. The van der Waals surface area contributed by atoms with Gasteiger partial charge >= 0.3 is 0 Å². The number of hydrogen-bond donors (Lipinski definition) is 1. The van der Waals surface area contributed by atoms with Crippen molar-refractivity contribution < 1.29 is 9.59 Å². The van der Waals surface area contributed by atoms with Crippen LogP contribution in [0.25, 0.3) is 5.65 Å². The van der Waals surface area contributed by atoms with Crippen molar-refractivity contribution in [1.29, 1.82) is 0 Å². The summed E-state index contributed by atoms with van der Waals surface area (Å²) >= 11 is 0. The number of fused-ring (bicyclic) bond motifs is 1. The number of imidazole rings is 1. The second-order valence-corrected chi connectivity index (χ2v) is 6.80. The van der Waals surface area contributed by atoms with Crippen LogP contribution in [0.2, 0.25) is 0 Å². The van der Waals surface area contributed by atoms with Gasteiger partial charge in [-0.05, 0) is 25.0 Å². The smallest absolute Gasteiger partial charge is 0.225 e. The van der Waals surface area contributed by atoms with Crippen molar-refractivity contribution in [1.82, 2.24) is 19.6 Å². The molecule has 2 fully saturated rings. The first kappa shape index (κ1) is 15.2. The summed E-state index contributed by atoms with van der Waals surface area (Å²) in [6, 6.07) is 6.17. The number of likely N-dealkylation sites (tertiary alicyclic amines) is 1. The van der Waals surface area contributed by atoms with E-state index in [1.807, 2.05) is 39.9 Å². The highest BCUT2D eigenvalue weighted by Crippen LogP contribution is 2.29. The summed E-state index contributed by atoms with van der Waals surface area (Å²) in [5.74, 6) is -0.134. The van der Waals surface area contributed by atoms with Crippen molar-refractivity contribution in [2.45, 2.75) is 44.7 Å². The number of aromatic nitrogens is 2. The Hall–Kier alpha value is -2.37. The number of nitrogens with zero attached hydrogens (tertiary/aromatic N) is 3. The highest BCUT2D eigenvalue weighted by Gasteiger charge is 2.38. The number of hydrogen-bond acceptors (Lipinski definition) is 3. The van der Waals surface area contributed by atoms with Gasteiger partial charge in [0.1, 0.15) is 5.65 Å². The van der Waals surface area contributed by atoms with E-state index in [2.05, 4.69) is 10.3 Å². The molecular formula is C18H22N4O2. The summed E-state index contributed by atoms with van der Waals surface area (Å²) in [5.41, 5.74) is 1.69. The molecule has 2 amide bonds. The Labute approximate surface area is 140 Å². The minimum atomic E-state index is -0.227. The molecule has 0 unspecified atom stereocenters. The minimum absolute atomic E-state index is 0.0408. The minimum Gasteiger partial charge on any atom is -0.350 e. The molecule has 0 bridgehead atoms. The molecular weight excluding hydrogens is 304 g/mol. The third-order valence-electron chi connectivity index (χ3n) is 5.15. The SMILES string of the molecule is O=C(NCc1cn2ccccc2n1)[C@@H]1CC(=O)N(C2CCCC2)C1. The van der Waals surface area contributed by atoms with Crippen LogP contribution in [0.5, 0.6) is 0 Å². The molecule has 1 saturated heterocycles. The van der Waals surface area contributed by atoms with Crippen LogP contribution in [0.3, 0.4) is 0 Å². The van der Waals surface area contributed by atoms with E-state index in [-0.39, 0.29) is 17.7 Å². The van der Waals surface area contributed by atoms with Gasteiger partial charge in [-0.2, -0.15) is 0 Å². The first-order valence-corrected chi connectivity index (χ1v) is 8.70. The predicted octanol–water partition coefficient (Wildman–Crippen LogP) is 1.74. The molecule has 6 heteroatoms. The molecule has 1 atom stereocenters. The van der Waals surface area contributed by atoms with E-state index in [4.69, 9.17) is 0 Å². The molecule has 1 saturated carbocycles. The summed E-state index contributed by atoms with van der Waals surface area (Å²) < 4.78 is 1.93. The zero-order valence-electron chi connectivity index (χ0n) is 13.6. The monoisotopic (exact) mass is 326 g/mol. The molecule has 6 nitrogen and oxygen atoms in total. The molecule has 1 aliphatic heterocycles. The fraction of sp³-hybridized carbons (Fsp3) is 0.500. The first-order chi connectivity index (χ1) is 11.7. The average molecular weight is 326 g/mol. The number of amides is 2. The van der Waals surface area contributed by atoms with Crippen molar-refractivity contribution in [2.24, 2.45) is 5.92 Å². The van der Waals surface area contributed by atoms with Crippen molar-refractivity contribution in [2.75, 3.05) is 6.54 Å². The Morgan fingerprint density at radius 2 is 2.12 bits per heavy atom. The van der Waals surface area contributed by atoms with Crippen LogP contribution in [-0.2, 0) is 16.1 Å². The van der Waals surface area contributed by atoms with Gasteiger partial charge in [-0.3, -0.25) is 9.59 Å². The molecule has 2 aromatic rings. The summed E-state index contributed by atoms with van der Waals surface area (Å²) in [6.07, 6.45) is 8.75. The molecule has 3 heterocycles. The van der Waals surface area contributed by atoms with Gasteiger partial charge in [-0.15, -0.1) is 0 Å². The third-order valence-corrected chi connectivity index (χ3v) is 5.15. The summed E-state index contributed by atoms with van der Waals surface area (Å²) in [6.45, 7) is 0.967. The van der Waals surface area contributed by atoms with E-state index in [1.54, 1.807) is 0 Å². The molecule has 1 N–H and O–H groups in total. The quantitative estimate of drug-likeness (QED) is 0.931. The Morgan fingerprint density at radius 3 is 2.92 bits per heavy atom. The second kappa shape index (κ2) is 6.26. The van der Waals surface area contributed by atoms with Crippen molar-refractivity contribution in [3.05, 3.63) is 36.3 Å². The highest BCUT2D eigenvalue weighted by atomic mass is 16.2. The number of carbonyl (C=O) groups excluding carboxylic acids is 2. The Morgan fingerprint density at radius 1 is 1.29 bits per heavy atom. The normalized spacial score (nSPS) is 21.8. The lowest BCUT2D eigenvalue weighted by molar-refractivity contribution is -0.130. The molecule has 0 spiro atoms. The van der Waals surface area contributed by atoms with Gasteiger partial charge < -0.3 is 14.6 Å². The largest absolute Gasteiger partial charge is 0.350 e. The molecule has 4 rings (SSSR count). The lowest BCUT2D eigenvalue weighted by atomic mass is 10.1. The zero-order valence-corrected chi connectivity index (χ0v) is 13.6. The summed E-state index contributed by atoms with van der Waals surface area (Å²) in [7, 11) is 0. The Bertz CT molecular complexity index is 730. The Balaban J connectivity index is 1.35. The number of pyridine rings is 1. The maximum absolute atomic E-state index is 12.4. The zero-order chi connectivity index (χ0) is 16.5. The standard InChI is InChI=1S/C18H22N4O2/c23-17-9-13(11-22(17)15-5-1-2-6-15)18(24)19-10-14-12-21-8-4-3-7-16(21)20-14/h3-4,7-8,12-13,15H,1-2,5-6,9-11H2,(H,19,24)/t13-/m1/s1. The van der Waals surface area contributed by atoms with E-state index in [0.29, 0.717) is 25.6 Å². The van der Waals surface area contributed by atoms with Crippen LogP contribution >= 0.6 is 0 Å². The number of nitrogens with one attached hydrogen (secondary N) is 1. The lowest BCUT2D eigenvalue weighted by Crippen LogP contribution is -2.36. The summed E-state index contributed by atoms with van der Waals surface area (Å²) in [4.78, 5) is 31.0. The van der Waals surface area contributed by atoms with Gasteiger partial charge in [-0.25, -0.2) is 4.98 Å². The Kier molecular flexibility index (Phi) is 3.96. The molecule has 24 heavy (non-hydrogen) atoms. The fourth-order valence-corrected chi connectivity index (χ4v) is 3.87. The number of rotatable bonds is 4. The topological polar surface area (TPSA) is 66.7 Å². The summed E-state index contributed by atoms with van der Waals surface area (Å²) in [5, 5.41) is 2.94. The molecule has 126 valence electrons. The van der Waals surface area contributed by atoms with Crippen LogP contribution < -0.4 is 5.32 Å². The van der Waals surface area contributed by atoms with Crippen LogP contribution in [0, 0.1) is 5.92 Å². The van der Waals surface area contributed by atoms with Crippen molar-refractivity contribution in [3.8, 4) is 0 Å². The van der Waals surface area contributed by atoms with Gasteiger partial charge in [0.05, 0.1) is 18.2 Å². The lowest BCUT2D eigenvalue weighted by Gasteiger charge is -2.23. The van der Waals surface area contributed by atoms with E-state index in [9.17, 15) is 9.59 Å². The van der Waals surface area contributed by atoms with Crippen LogP contribution in [-0.4, -0.2) is 38.7 Å². The average Bonchev–Trinajstić information content (AvgIpc) is 3.30. The van der Waals surface area contributed by atoms with Gasteiger partial charge in [0.25, 0.3) is 0 Å². The first-order valence-electron chi connectivity index (χ1n) is 8.70. The highest BCUT2D eigenvalue weighted by molar-refractivity contribution is 5.89. The second-order valence-electron chi connectivity index (χ2n) is 6.80. The predicted molar refractivity (Wildman–Crippen MR) is 89.1 cm³/mol. The molecule has 2 aliphatic rings. The van der Waals surface area contributed by atoms with Crippen LogP contribution in [0.15, 0.2) is 30.6 Å². The van der Waals surface area contributed by atoms with Crippen molar-refractivity contribution in [3.63, 3.8) is 0 Å². The van der Waals surface area contributed by atoms with E-state index >= 15 is 0 Å². The fourth-order valence-electron chi connectivity index (χ4n) is 3.87. The van der Waals surface area contributed by atoms with E-state index in [1.165, 1.54) is 12.8 Å². The van der Waals surface area contributed by atoms with E-state index in [0.717, 1.165) is 24.2 Å². The van der Waals surface area contributed by atoms with Gasteiger partial charge in [-0.1, -0.05) is 18.9 Å². The maximum Gasteiger partial charge on any atom is 0.225 e.